The largest absolute Gasteiger partial charge is 0.372 e. The lowest BCUT2D eigenvalue weighted by Crippen LogP contribution is -2.20. The first kappa shape index (κ1) is 27.9. The van der Waals surface area contributed by atoms with Crippen LogP contribution < -0.4 is 5.69 Å². The summed E-state index contributed by atoms with van der Waals surface area (Å²) in [5, 5.41) is 7.62. The lowest BCUT2D eigenvalue weighted by Gasteiger charge is -2.16. The van der Waals surface area contributed by atoms with Crippen molar-refractivity contribution in [2.24, 2.45) is 0 Å². The van der Waals surface area contributed by atoms with Gasteiger partial charge in [-0.3, -0.25) is 8.97 Å². The Morgan fingerprint density at radius 1 is 0.373 bits per heavy atom. The highest BCUT2D eigenvalue weighted by Crippen LogP contribution is 2.39. The van der Waals surface area contributed by atoms with E-state index in [1.54, 1.807) is 0 Å². The van der Waals surface area contributed by atoms with E-state index in [1.807, 2.05) is 40.8 Å². The van der Waals surface area contributed by atoms with E-state index < -0.39 is 5.69 Å². The standard InChI is InChI=1S/C45H27N5O/c51-44-46-43-35-18-5-4-14-31(35)32-15-6-11-21-40(32)50(43)45(47-44)49-39-20-10-8-17-34(39)37-27-29(23-25-42(37)49)28-22-24-41-36(26-28)33-16-7-9-19-38(33)48(41)30-12-2-1-3-13-30/h1-27H. The Morgan fingerprint density at radius 2 is 0.843 bits per heavy atom. The van der Waals surface area contributed by atoms with Gasteiger partial charge in [0.15, 0.2) is 5.65 Å². The van der Waals surface area contributed by atoms with E-state index in [2.05, 4.69) is 146 Å². The van der Waals surface area contributed by atoms with Crippen LogP contribution in [0.2, 0.25) is 0 Å². The van der Waals surface area contributed by atoms with Gasteiger partial charge in [-0.2, -0.15) is 9.97 Å². The summed E-state index contributed by atoms with van der Waals surface area (Å²) in [6.07, 6.45) is 0. The fraction of sp³-hybridized carbons (Fsp3) is 0. The first-order valence-electron chi connectivity index (χ1n) is 17.1. The van der Waals surface area contributed by atoms with Crippen LogP contribution in [-0.2, 0) is 0 Å². The number of rotatable bonds is 3. The smallest absolute Gasteiger partial charge is 0.309 e. The van der Waals surface area contributed by atoms with Gasteiger partial charge in [0.25, 0.3) is 0 Å². The Labute approximate surface area is 290 Å². The Hall–Kier alpha value is -7.05. The molecular weight excluding hydrogens is 627 g/mol. The molecule has 0 fully saturated rings. The summed E-state index contributed by atoms with van der Waals surface area (Å²) in [6.45, 7) is 0. The van der Waals surface area contributed by atoms with Crippen molar-refractivity contribution in [2.75, 3.05) is 0 Å². The topological polar surface area (TPSA) is 57.1 Å². The maximum Gasteiger partial charge on any atom is 0.372 e. The molecule has 11 aromatic rings. The summed E-state index contributed by atoms with van der Waals surface area (Å²) in [7, 11) is 0. The second-order valence-electron chi connectivity index (χ2n) is 13.0. The van der Waals surface area contributed by atoms with Crippen LogP contribution in [0.3, 0.4) is 0 Å². The summed E-state index contributed by atoms with van der Waals surface area (Å²) in [6, 6.07) is 57.2. The molecule has 0 spiro atoms. The molecule has 0 saturated heterocycles. The van der Waals surface area contributed by atoms with Gasteiger partial charge in [-0.05, 0) is 71.1 Å². The number of hydrogen-bond acceptors (Lipinski definition) is 3. The minimum absolute atomic E-state index is 0.515. The minimum Gasteiger partial charge on any atom is -0.309 e. The Balaban J connectivity index is 1.18. The molecule has 4 aromatic heterocycles. The Bertz CT molecular complexity index is 3280. The van der Waals surface area contributed by atoms with Crippen LogP contribution >= 0.6 is 0 Å². The lowest BCUT2D eigenvalue weighted by molar-refractivity contribution is 0.900. The zero-order chi connectivity index (χ0) is 33.6. The number of para-hydroxylation sites is 4. The van der Waals surface area contributed by atoms with Crippen molar-refractivity contribution in [1.82, 2.24) is 23.5 Å². The highest BCUT2D eigenvalue weighted by Gasteiger charge is 2.20. The number of benzene rings is 7. The van der Waals surface area contributed by atoms with E-state index >= 15 is 0 Å². The molecule has 11 rings (SSSR count). The third-order valence-corrected chi connectivity index (χ3v) is 10.3. The summed E-state index contributed by atoms with van der Waals surface area (Å²) in [5.74, 6) is 0.515. The molecule has 0 N–H and O–H groups in total. The molecule has 238 valence electrons. The first-order valence-corrected chi connectivity index (χ1v) is 17.1. The Morgan fingerprint density at radius 3 is 1.49 bits per heavy atom. The average Bonchev–Trinajstić information content (AvgIpc) is 3.70. The molecule has 0 saturated carbocycles. The minimum atomic E-state index is -0.518. The second kappa shape index (κ2) is 10.5. The van der Waals surface area contributed by atoms with E-state index in [4.69, 9.17) is 0 Å². The predicted octanol–water partition coefficient (Wildman–Crippen LogP) is 10.3. The van der Waals surface area contributed by atoms with Crippen LogP contribution in [0.4, 0.5) is 0 Å². The third kappa shape index (κ3) is 3.95. The maximum absolute atomic E-state index is 13.3. The molecule has 0 aliphatic carbocycles. The normalized spacial score (nSPS) is 12.0. The van der Waals surface area contributed by atoms with Crippen molar-refractivity contribution in [1.29, 1.82) is 0 Å². The highest BCUT2D eigenvalue weighted by atomic mass is 16.1. The lowest BCUT2D eigenvalue weighted by atomic mass is 10.0. The molecule has 0 radical (unpaired) electrons. The molecule has 6 heteroatoms. The second-order valence-corrected chi connectivity index (χ2v) is 13.0. The summed E-state index contributed by atoms with van der Waals surface area (Å²) in [4.78, 5) is 22.4. The fourth-order valence-corrected chi connectivity index (χ4v) is 8.13. The fourth-order valence-electron chi connectivity index (χ4n) is 8.13. The summed E-state index contributed by atoms with van der Waals surface area (Å²) >= 11 is 0. The van der Waals surface area contributed by atoms with E-state index in [-0.39, 0.29) is 0 Å². The molecule has 0 aliphatic heterocycles. The summed E-state index contributed by atoms with van der Waals surface area (Å²) < 4.78 is 6.49. The van der Waals surface area contributed by atoms with E-state index in [0.29, 0.717) is 11.6 Å². The van der Waals surface area contributed by atoms with Crippen molar-refractivity contribution in [3.8, 4) is 22.8 Å². The van der Waals surface area contributed by atoms with Crippen LogP contribution in [0.25, 0.3) is 93.7 Å². The van der Waals surface area contributed by atoms with E-state index in [0.717, 1.165) is 60.3 Å². The molecule has 0 amide bonds. The van der Waals surface area contributed by atoms with Crippen molar-refractivity contribution in [2.45, 2.75) is 0 Å². The van der Waals surface area contributed by atoms with Gasteiger partial charge in [0, 0.05) is 38.0 Å². The number of aromatic nitrogens is 5. The molecule has 6 nitrogen and oxygen atoms in total. The van der Waals surface area contributed by atoms with Gasteiger partial charge in [-0.15, -0.1) is 0 Å². The molecule has 0 bridgehead atoms. The number of nitrogens with zero attached hydrogens (tertiary/aromatic N) is 5. The van der Waals surface area contributed by atoms with Crippen molar-refractivity contribution in [3.63, 3.8) is 0 Å². The predicted molar refractivity (Wildman–Crippen MR) is 208 cm³/mol. The number of hydrogen-bond donors (Lipinski definition) is 0. The van der Waals surface area contributed by atoms with Crippen LogP contribution in [0.5, 0.6) is 0 Å². The highest BCUT2D eigenvalue weighted by molar-refractivity contribution is 6.14. The van der Waals surface area contributed by atoms with E-state index in [9.17, 15) is 4.79 Å². The molecule has 0 atom stereocenters. The maximum atomic E-state index is 13.3. The van der Waals surface area contributed by atoms with Gasteiger partial charge in [0.2, 0.25) is 5.95 Å². The third-order valence-electron chi connectivity index (χ3n) is 10.3. The van der Waals surface area contributed by atoms with Crippen molar-refractivity contribution < 1.29 is 0 Å². The first-order chi connectivity index (χ1) is 25.2. The van der Waals surface area contributed by atoms with Gasteiger partial charge in [-0.25, -0.2) is 4.79 Å². The SMILES string of the molecule is O=c1nc(-n2c3ccccc3c3cc(-c4ccc5c(c4)c4ccccc4n5-c4ccccc4)ccc32)n2c3ccccc3c3ccccc3c2n1. The van der Waals surface area contributed by atoms with Crippen molar-refractivity contribution in [3.05, 3.63) is 174 Å². The van der Waals surface area contributed by atoms with Gasteiger partial charge >= 0.3 is 5.69 Å². The van der Waals surface area contributed by atoms with E-state index in [1.165, 1.54) is 21.8 Å². The van der Waals surface area contributed by atoms with Crippen LogP contribution in [0, 0.1) is 0 Å². The molecule has 0 unspecified atom stereocenters. The van der Waals surface area contributed by atoms with Gasteiger partial charge in [0.1, 0.15) is 0 Å². The molecule has 51 heavy (non-hydrogen) atoms. The van der Waals surface area contributed by atoms with Crippen LogP contribution in [-0.4, -0.2) is 23.5 Å². The Kier molecular flexibility index (Phi) is 5.72. The molecule has 7 aromatic carbocycles. The van der Waals surface area contributed by atoms with Crippen LogP contribution in [0.15, 0.2) is 169 Å². The molecular formula is C45H27N5O. The zero-order valence-electron chi connectivity index (χ0n) is 27.2. The molecule has 0 aliphatic rings. The zero-order valence-corrected chi connectivity index (χ0v) is 27.2. The van der Waals surface area contributed by atoms with Gasteiger partial charge in [0.05, 0.1) is 27.6 Å². The quantitative estimate of drug-likeness (QED) is 0.178. The van der Waals surface area contributed by atoms with Gasteiger partial charge < -0.3 is 4.57 Å². The monoisotopic (exact) mass is 653 g/mol. The summed E-state index contributed by atoms with van der Waals surface area (Å²) in [5.41, 5.74) is 8.69. The average molecular weight is 654 g/mol. The van der Waals surface area contributed by atoms with Gasteiger partial charge in [-0.1, -0.05) is 109 Å². The van der Waals surface area contributed by atoms with Crippen molar-refractivity contribution >= 4 is 70.9 Å². The molecule has 4 heterocycles. The number of fused-ring (bicyclic) bond motifs is 12. The van der Waals surface area contributed by atoms with Crippen LogP contribution in [0.1, 0.15) is 0 Å². The number of pyridine rings is 1.